The van der Waals surface area contributed by atoms with Crippen LogP contribution in [0.15, 0.2) is 53.0 Å². The summed E-state index contributed by atoms with van der Waals surface area (Å²) in [5.74, 6) is 0.890. The molecule has 0 unspecified atom stereocenters. The summed E-state index contributed by atoms with van der Waals surface area (Å²) in [4.78, 5) is 20.5. The molecule has 4 rings (SSSR count). The molecule has 0 spiro atoms. The lowest BCUT2D eigenvalue weighted by atomic mass is 9.84. The van der Waals surface area contributed by atoms with Crippen LogP contribution < -0.4 is 0 Å². The fraction of sp³-hybridized carbons (Fsp3) is 0.364. The highest BCUT2D eigenvalue weighted by atomic mass is 79.9. The SMILES string of the molecule is CC(Cl)Cl.O=Cc1ccccc1Br.O=Cc1ccccc1C1CC1.OB(O)C1CC1. The number of halogens is 3. The second-order valence-electron chi connectivity index (χ2n) is 6.93. The predicted molar refractivity (Wildman–Crippen MR) is 128 cm³/mol. The highest BCUT2D eigenvalue weighted by Crippen LogP contribution is 2.41. The smallest absolute Gasteiger partial charge is 0.427 e. The van der Waals surface area contributed by atoms with Gasteiger partial charge in [-0.3, -0.25) is 9.59 Å². The van der Waals surface area contributed by atoms with E-state index in [2.05, 4.69) is 22.0 Å². The van der Waals surface area contributed by atoms with E-state index in [-0.39, 0.29) is 10.7 Å². The van der Waals surface area contributed by atoms with Gasteiger partial charge in [0.15, 0.2) is 6.29 Å². The molecule has 0 amide bonds. The van der Waals surface area contributed by atoms with Crippen LogP contribution in [0.1, 0.15) is 64.8 Å². The average Bonchev–Trinajstić information content (AvgIpc) is 3.61. The minimum Gasteiger partial charge on any atom is -0.427 e. The van der Waals surface area contributed by atoms with Crippen LogP contribution in [-0.2, 0) is 0 Å². The van der Waals surface area contributed by atoms with Gasteiger partial charge in [0.05, 0.1) is 0 Å². The van der Waals surface area contributed by atoms with Crippen LogP contribution in [0, 0.1) is 0 Å². The summed E-state index contributed by atoms with van der Waals surface area (Å²) in [6.07, 6.45) is 6.28. The quantitative estimate of drug-likeness (QED) is 0.294. The van der Waals surface area contributed by atoms with Crippen molar-refractivity contribution in [1.82, 2.24) is 0 Å². The number of carbonyl (C=O) groups is 2. The molecule has 2 aromatic rings. The van der Waals surface area contributed by atoms with Gasteiger partial charge in [-0.25, -0.2) is 0 Å². The van der Waals surface area contributed by atoms with Crippen LogP contribution in [0.25, 0.3) is 0 Å². The number of carbonyl (C=O) groups excluding carboxylic acids is 2. The zero-order valence-corrected chi connectivity index (χ0v) is 19.9. The molecule has 0 heterocycles. The van der Waals surface area contributed by atoms with Crippen LogP contribution >= 0.6 is 39.1 Å². The second kappa shape index (κ2) is 14.8. The van der Waals surface area contributed by atoms with Crippen molar-refractivity contribution in [3.8, 4) is 0 Å². The molecule has 30 heavy (non-hydrogen) atoms. The second-order valence-corrected chi connectivity index (χ2v) is 9.32. The van der Waals surface area contributed by atoms with Gasteiger partial charge in [-0.15, -0.1) is 23.2 Å². The molecule has 0 saturated heterocycles. The zero-order valence-electron chi connectivity index (χ0n) is 16.8. The number of hydrogen-bond donors (Lipinski definition) is 2. The van der Waals surface area contributed by atoms with Crippen LogP contribution in [0.3, 0.4) is 0 Å². The van der Waals surface area contributed by atoms with Gasteiger partial charge in [-0.2, -0.15) is 0 Å². The van der Waals surface area contributed by atoms with E-state index in [0.29, 0.717) is 11.5 Å². The molecule has 0 radical (unpaired) electrons. The minimum atomic E-state index is -1.04. The summed E-state index contributed by atoms with van der Waals surface area (Å²) in [6.45, 7) is 1.70. The fourth-order valence-electron chi connectivity index (χ4n) is 2.35. The van der Waals surface area contributed by atoms with Crippen molar-refractivity contribution >= 4 is 58.8 Å². The van der Waals surface area contributed by atoms with E-state index < -0.39 is 7.12 Å². The van der Waals surface area contributed by atoms with Crippen molar-refractivity contribution in [2.24, 2.45) is 0 Å². The molecule has 2 fully saturated rings. The Balaban J connectivity index is 0.000000214. The summed E-state index contributed by atoms with van der Waals surface area (Å²) in [7, 11) is -1.04. The van der Waals surface area contributed by atoms with E-state index in [1.54, 1.807) is 13.0 Å². The summed E-state index contributed by atoms with van der Waals surface area (Å²) in [5, 5.41) is 16.5. The zero-order chi connectivity index (χ0) is 22.5. The summed E-state index contributed by atoms with van der Waals surface area (Å²) in [5.41, 5.74) is 2.80. The first-order valence-electron chi connectivity index (χ1n) is 9.68. The summed E-state index contributed by atoms with van der Waals surface area (Å²) in [6, 6.07) is 15.2. The van der Waals surface area contributed by atoms with Gasteiger partial charge >= 0.3 is 7.12 Å². The molecule has 8 heteroatoms. The number of aldehydes is 2. The lowest BCUT2D eigenvalue weighted by Crippen LogP contribution is -2.09. The standard InChI is InChI=1S/C10H10O.C7H5BrO.C3H7BO2.C2H4Cl2/c11-7-9-3-1-2-4-10(9)8-5-6-8;8-7-4-2-1-3-6(7)5-9;5-4(6)3-1-2-3;1-2(3)4/h1-4,7-8H,5-6H2;1-5H;3,5-6H,1-2H2;2H,1H3. The van der Waals surface area contributed by atoms with Crippen molar-refractivity contribution in [3.63, 3.8) is 0 Å². The van der Waals surface area contributed by atoms with Crippen molar-refractivity contribution < 1.29 is 19.6 Å². The van der Waals surface area contributed by atoms with E-state index in [9.17, 15) is 9.59 Å². The molecule has 162 valence electrons. The third-order valence-corrected chi connectivity index (χ3v) is 4.94. The van der Waals surface area contributed by atoms with Crippen LogP contribution in [0.5, 0.6) is 0 Å². The largest absolute Gasteiger partial charge is 0.454 e. The van der Waals surface area contributed by atoms with Crippen molar-refractivity contribution in [2.45, 2.75) is 49.2 Å². The highest BCUT2D eigenvalue weighted by molar-refractivity contribution is 9.10. The number of alkyl halides is 2. The molecule has 2 aliphatic carbocycles. The Morgan fingerprint density at radius 3 is 1.73 bits per heavy atom. The lowest BCUT2D eigenvalue weighted by Gasteiger charge is -1.99. The lowest BCUT2D eigenvalue weighted by molar-refractivity contribution is 0.111. The summed E-state index contributed by atoms with van der Waals surface area (Å²) >= 11 is 13.3. The van der Waals surface area contributed by atoms with E-state index in [4.69, 9.17) is 33.2 Å². The Morgan fingerprint density at radius 1 is 0.933 bits per heavy atom. The van der Waals surface area contributed by atoms with Gasteiger partial charge in [0.25, 0.3) is 0 Å². The van der Waals surface area contributed by atoms with Crippen LogP contribution in [0.4, 0.5) is 0 Å². The Kier molecular flexibility index (Phi) is 13.2. The average molecular weight is 516 g/mol. The number of rotatable bonds is 4. The topological polar surface area (TPSA) is 74.6 Å². The van der Waals surface area contributed by atoms with Crippen LogP contribution in [-0.4, -0.2) is 34.6 Å². The molecular formula is C22H26BBrCl2O4. The Labute approximate surface area is 196 Å². The van der Waals surface area contributed by atoms with Gasteiger partial charge in [0, 0.05) is 15.6 Å². The third-order valence-electron chi connectivity index (χ3n) is 4.22. The molecule has 0 aliphatic heterocycles. The molecule has 0 atom stereocenters. The maximum Gasteiger partial charge on any atom is 0.454 e. The molecule has 4 nitrogen and oxygen atoms in total. The van der Waals surface area contributed by atoms with Gasteiger partial charge in [0.2, 0.25) is 0 Å². The molecule has 2 aliphatic rings. The van der Waals surface area contributed by atoms with E-state index >= 15 is 0 Å². The number of hydrogen-bond acceptors (Lipinski definition) is 4. The fourth-order valence-corrected chi connectivity index (χ4v) is 2.73. The monoisotopic (exact) mass is 514 g/mol. The van der Waals surface area contributed by atoms with Crippen molar-refractivity contribution in [2.75, 3.05) is 0 Å². The Hall–Kier alpha value is -1.18. The minimum absolute atomic E-state index is 0.213. The van der Waals surface area contributed by atoms with Gasteiger partial charge in [0.1, 0.15) is 11.1 Å². The highest BCUT2D eigenvalue weighted by Gasteiger charge is 2.33. The molecule has 0 bridgehead atoms. The summed E-state index contributed by atoms with van der Waals surface area (Å²) < 4.78 is 0.847. The predicted octanol–water partition coefficient (Wildman–Crippen LogP) is 6.07. The maximum atomic E-state index is 10.6. The first-order valence-corrected chi connectivity index (χ1v) is 11.3. The maximum absolute atomic E-state index is 10.6. The normalized spacial score (nSPS) is 14.1. The Morgan fingerprint density at radius 2 is 1.40 bits per heavy atom. The van der Waals surface area contributed by atoms with Crippen LogP contribution in [0.2, 0.25) is 5.82 Å². The molecular weight excluding hydrogens is 490 g/mol. The first-order chi connectivity index (χ1) is 14.3. The molecule has 2 N–H and O–H groups in total. The number of benzene rings is 2. The first kappa shape index (κ1) is 26.9. The molecule has 2 saturated carbocycles. The van der Waals surface area contributed by atoms with E-state index in [1.807, 2.05) is 36.4 Å². The van der Waals surface area contributed by atoms with Gasteiger partial charge < -0.3 is 10.0 Å². The van der Waals surface area contributed by atoms with Gasteiger partial charge in [-0.1, -0.05) is 71.2 Å². The van der Waals surface area contributed by atoms with E-state index in [0.717, 1.165) is 35.5 Å². The Bertz CT molecular complexity index is 778. The van der Waals surface area contributed by atoms with E-state index in [1.165, 1.54) is 18.4 Å². The van der Waals surface area contributed by atoms with Crippen molar-refractivity contribution in [3.05, 3.63) is 69.7 Å². The van der Waals surface area contributed by atoms with Gasteiger partial charge in [-0.05, 0) is 43.1 Å². The van der Waals surface area contributed by atoms with Crippen molar-refractivity contribution in [1.29, 1.82) is 0 Å². The molecule has 0 aromatic heterocycles. The molecule has 2 aromatic carbocycles. The third kappa shape index (κ3) is 11.9.